The first kappa shape index (κ1) is 15.9. The van der Waals surface area contributed by atoms with Gasteiger partial charge in [0.15, 0.2) is 5.16 Å². The Balaban J connectivity index is 2.10. The van der Waals surface area contributed by atoms with Crippen LogP contribution in [0.25, 0.3) is 0 Å². The van der Waals surface area contributed by atoms with E-state index in [1.807, 2.05) is 18.3 Å². The third kappa shape index (κ3) is 4.51. The minimum atomic E-state index is -0.0169. The van der Waals surface area contributed by atoms with Crippen molar-refractivity contribution in [1.82, 2.24) is 9.55 Å². The maximum Gasteiger partial charge on any atom is 0.168 e. The summed E-state index contributed by atoms with van der Waals surface area (Å²) in [6, 6.07) is 8.03. The molecule has 0 radical (unpaired) electrons. The SMILES string of the molecule is CCCCSc1nc(CO)cn1Cc1ccc(OC)cc1. The van der Waals surface area contributed by atoms with Crippen LogP contribution in [0.1, 0.15) is 31.0 Å². The van der Waals surface area contributed by atoms with Crippen LogP contribution in [0.3, 0.4) is 0 Å². The van der Waals surface area contributed by atoms with Gasteiger partial charge in [-0.15, -0.1) is 0 Å². The van der Waals surface area contributed by atoms with Crippen molar-refractivity contribution in [3.63, 3.8) is 0 Å². The standard InChI is InChI=1S/C16H22N2O2S/c1-3-4-9-21-16-17-14(12-19)11-18(16)10-13-5-7-15(20-2)8-6-13/h5-8,11,19H,3-4,9-10,12H2,1-2H3. The van der Waals surface area contributed by atoms with Crippen LogP contribution in [0.15, 0.2) is 35.6 Å². The highest BCUT2D eigenvalue weighted by molar-refractivity contribution is 7.99. The molecule has 1 aromatic carbocycles. The number of aliphatic hydroxyl groups excluding tert-OH is 1. The quantitative estimate of drug-likeness (QED) is 0.600. The van der Waals surface area contributed by atoms with Crippen LogP contribution in [0, 0.1) is 0 Å². The molecule has 5 heteroatoms. The van der Waals surface area contributed by atoms with Gasteiger partial charge in [0, 0.05) is 18.5 Å². The molecule has 0 unspecified atom stereocenters. The van der Waals surface area contributed by atoms with E-state index in [0.29, 0.717) is 0 Å². The number of aromatic nitrogens is 2. The van der Waals surface area contributed by atoms with Crippen molar-refractivity contribution in [2.75, 3.05) is 12.9 Å². The van der Waals surface area contributed by atoms with Crippen molar-refractivity contribution < 1.29 is 9.84 Å². The number of unbranched alkanes of at least 4 members (excludes halogenated alkanes) is 1. The summed E-state index contributed by atoms with van der Waals surface area (Å²) in [6.45, 7) is 2.92. The molecule has 2 aromatic rings. The number of nitrogens with zero attached hydrogens (tertiary/aromatic N) is 2. The Labute approximate surface area is 130 Å². The van der Waals surface area contributed by atoms with Crippen LogP contribution in [-0.4, -0.2) is 27.5 Å². The third-order valence-electron chi connectivity index (χ3n) is 3.19. The fourth-order valence-electron chi connectivity index (χ4n) is 1.99. The third-order valence-corrected chi connectivity index (χ3v) is 4.27. The van der Waals surface area contributed by atoms with Gasteiger partial charge in [0.25, 0.3) is 0 Å². The van der Waals surface area contributed by atoms with Crippen LogP contribution >= 0.6 is 11.8 Å². The van der Waals surface area contributed by atoms with Crippen molar-refractivity contribution in [1.29, 1.82) is 0 Å². The number of ether oxygens (including phenoxy) is 1. The molecule has 0 bridgehead atoms. The van der Waals surface area contributed by atoms with E-state index in [-0.39, 0.29) is 6.61 Å². The van der Waals surface area contributed by atoms with Gasteiger partial charge in [-0.2, -0.15) is 0 Å². The summed E-state index contributed by atoms with van der Waals surface area (Å²) < 4.78 is 7.28. The van der Waals surface area contributed by atoms with E-state index in [1.165, 1.54) is 18.4 Å². The van der Waals surface area contributed by atoms with E-state index in [1.54, 1.807) is 18.9 Å². The average Bonchev–Trinajstić information content (AvgIpc) is 2.90. The molecule has 0 atom stereocenters. The van der Waals surface area contributed by atoms with E-state index >= 15 is 0 Å². The molecule has 0 spiro atoms. The lowest BCUT2D eigenvalue weighted by atomic mass is 10.2. The molecule has 114 valence electrons. The highest BCUT2D eigenvalue weighted by atomic mass is 32.2. The molecule has 0 amide bonds. The first-order valence-corrected chi connectivity index (χ1v) is 8.18. The van der Waals surface area contributed by atoms with Crippen LogP contribution < -0.4 is 4.74 Å². The van der Waals surface area contributed by atoms with Crippen molar-refractivity contribution in [3.8, 4) is 5.75 Å². The molecule has 1 N–H and O–H groups in total. The number of benzene rings is 1. The molecule has 1 heterocycles. The van der Waals surface area contributed by atoms with E-state index in [2.05, 4.69) is 28.6 Å². The minimum Gasteiger partial charge on any atom is -0.497 e. The van der Waals surface area contributed by atoms with Gasteiger partial charge >= 0.3 is 0 Å². The van der Waals surface area contributed by atoms with Crippen molar-refractivity contribution in [2.24, 2.45) is 0 Å². The Morgan fingerprint density at radius 2 is 2.05 bits per heavy atom. The van der Waals surface area contributed by atoms with Gasteiger partial charge < -0.3 is 14.4 Å². The molecule has 0 aliphatic rings. The minimum absolute atomic E-state index is 0.0169. The summed E-state index contributed by atoms with van der Waals surface area (Å²) in [5, 5.41) is 10.3. The maximum atomic E-state index is 9.28. The largest absolute Gasteiger partial charge is 0.497 e. The molecule has 21 heavy (non-hydrogen) atoms. The first-order chi connectivity index (χ1) is 10.3. The summed E-state index contributed by atoms with van der Waals surface area (Å²) in [6.07, 6.45) is 4.28. The maximum absolute atomic E-state index is 9.28. The number of hydrogen-bond donors (Lipinski definition) is 1. The van der Waals surface area contributed by atoms with Gasteiger partial charge in [-0.1, -0.05) is 37.2 Å². The van der Waals surface area contributed by atoms with E-state index in [9.17, 15) is 5.11 Å². The number of rotatable bonds is 8. The Morgan fingerprint density at radius 1 is 1.29 bits per heavy atom. The van der Waals surface area contributed by atoms with Gasteiger partial charge in [0.1, 0.15) is 5.75 Å². The van der Waals surface area contributed by atoms with E-state index < -0.39 is 0 Å². The average molecular weight is 306 g/mol. The molecule has 0 aliphatic carbocycles. The van der Waals surface area contributed by atoms with Crippen molar-refractivity contribution >= 4 is 11.8 Å². The van der Waals surface area contributed by atoms with Gasteiger partial charge in [-0.3, -0.25) is 0 Å². The lowest BCUT2D eigenvalue weighted by molar-refractivity contribution is 0.277. The predicted octanol–water partition coefficient (Wildman–Crippen LogP) is 3.32. The van der Waals surface area contributed by atoms with E-state index in [0.717, 1.165) is 28.9 Å². The molecule has 1 aromatic heterocycles. The zero-order chi connectivity index (χ0) is 15.1. The Hall–Kier alpha value is -1.46. The Bertz CT molecular complexity index is 552. The summed E-state index contributed by atoms with van der Waals surface area (Å²) in [7, 11) is 1.67. The predicted molar refractivity (Wildman–Crippen MR) is 85.9 cm³/mol. The normalized spacial score (nSPS) is 10.8. The Kier molecular flexibility index (Phi) is 6.14. The van der Waals surface area contributed by atoms with Crippen molar-refractivity contribution in [2.45, 2.75) is 38.1 Å². The first-order valence-electron chi connectivity index (χ1n) is 7.19. The number of thioether (sulfide) groups is 1. The molecule has 0 saturated heterocycles. The van der Waals surface area contributed by atoms with E-state index in [4.69, 9.17) is 4.74 Å². The molecule has 0 saturated carbocycles. The van der Waals surface area contributed by atoms with Gasteiger partial charge in [-0.05, 0) is 24.1 Å². The Morgan fingerprint density at radius 3 is 2.67 bits per heavy atom. The number of methoxy groups -OCH3 is 1. The molecule has 0 fully saturated rings. The number of imidazole rings is 1. The fraction of sp³-hybridized carbons (Fsp3) is 0.438. The summed E-state index contributed by atoms with van der Waals surface area (Å²) in [5.74, 6) is 1.92. The zero-order valence-electron chi connectivity index (χ0n) is 12.6. The van der Waals surface area contributed by atoms with Crippen LogP contribution in [0.2, 0.25) is 0 Å². The second-order valence-corrected chi connectivity index (χ2v) is 5.91. The van der Waals surface area contributed by atoms with Gasteiger partial charge in [0.2, 0.25) is 0 Å². The fourth-order valence-corrected chi connectivity index (χ4v) is 3.07. The lowest BCUT2D eigenvalue weighted by Crippen LogP contribution is -2.00. The highest BCUT2D eigenvalue weighted by Crippen LogP contribution is 2.21. The summed E-state index contributed by atoms with van der Waals surface area (Å²) in [5.41, 5.74) is 1.91. The van der Waals surface area contributed by atoms with Crippen LogP contribution in [-0.2, 0) is 13.2 Å². The second-order valence-electron chi connectivity index (χ2n) is 4.85. The molecule has 0 aliphatic heterocycles. The highest BCUT2D eigenvalue weighted by Gasteiger charge is 2.08. The summed E-state index contributed by atoms with van der Waals surface area (Å²) in [4.78, 5) is 4.48. The van der Waals surface area contributed by atoms with Crippen LogP contribution in [0.4, 0.5) is 0 Å². The summed E-state index contributed by atoms with van der Waals surface area (Å²) >= 11 is 1.75. The molecular formula is C16H22N2O2S. The lowest BCUT2D eigenvalue weighted by Gasteiger charge is -2.08. The number of hydrogen-bond acceptors (Lipinski definition) is 4. The molecule has 4 nitrogen and oxygen atoms in total. The van der Waals surface area contributed by atoms with Gasteiger partial charge in [-0.25, -0.2) is 4.98 Å². The zero-order valence-corrected chi connectivity index (χ0v) is 13.4. The monoisotopic (exact) mass is 306 g/mol. The number of aliphatic hydroxyl groups is 1. The smallest absolute Gasteiger partial charge is 0.168 e. The van der Waals surface area contributed by atoms with Crippen LogP contribution in [0.5, 0.6) is 5.75 Å². The molecular weight excluding hydrogens is 284 g/mol. The molecule has 2 rings (SSSR count). The van der Waals surface area contributed by atoms with Crippen molar-refractivity contribution in [3.05, 3.63) is 41.7 Å². The van der Waals surface area contributed by atoms with Gasteiger partial charge in [0.05, 0.1) is 19.4 Å². The topological polar surface area (TPSA) is 47.3 Å². The second kappa shape index (κ2) is 8.10.